The van der Waals surface area contributed by atoms with Crippen LogP contribution in [0.15, 0.2) is 52.3 Å². The Morgan fingerprint density at radius 2 is 1.75 bits per heavy atom. The second kappa shape index (κ2) is 9.11. The number of nitrogens with one attached hydrogen (secondary N) is 1. The lowest BCUT2D eigenvalue weighted by molar-refractivity contribution is -0.122. The van der Waals surface area contributed by atoms with Crippen molar-refractivity contribution in [1.29, 1.82) is 0 Å². The molecule has 0 bridgehead atoms. The highest BCUT2D eigenvalue weighted by Gasteiger charge is 2.22. The van der Waals surface area contributed by atoms with Crippen molar-refractivity contribution >= 4 is 15.9 Å². The first-order valence-corrected chi connectivity index (χ1v) is 10.4. The van der Waals surface area contributed by atoms with Gasteiger partial charge in [-0.05, 0) is 30.7 Å². The van der Waals surface area contributed by atoms with Crippen LogP contribution in [-0.2, 0) is 21.4 Å². The summed E-state index contributed by atoms with van der Waals surface area (Å²) >= 11 is 0. The van der Waals surface area contributed by atoms with Gasteiger partial charge in [0, 0.05) is 25.4 Å². The van der Waals surface area contributed by atoms with Gasteiger partial charge in [-0.25, -0.2) is 12.8 Å². The average molecular weight is 409 g/mol. The van der Waals surface area contributed by atoms with Crippen molar-refractivity contribution in [3.8, 4) is 0 Å². The number of carbonyl (C=O) groups excluding carboxylic acids is 1. The fourth-order valence-electron chi connectivity index (χ4n) is 2.77. The van der Waals surface area contributed by atoms with Gasteiger partial charge in [-0.2, -0.15) is 4.31 Å². The number of nitrogens with zero attached hydrogens (tertiary/aromatic N) is 2. The topological polar surface area (TPSA) is 88.5 Å². The fraction of sp³-hybridized carbons (Fsp3) is 0.368. The van der Waals surface area contributed by atoms with Gasteiger partial charge in [-0.15, -0.1) is 0 Å². The normalized spacial score (nSPS) is 12.8. The Morgan fingerprint density at radius 1 is 1.14 bits per heavy atom. The van der Waals surface area contributed by atoms with Crippen molar-refractivity contribution in [1.82, 2.24) is 14.2 Å². The molecule has 2 aromatic rings. The van der Waals surface area contributed by atoms with Crippen molar-refractivity contribution < 1.29 is 17.6 Å². The number of sulfonamides is 1. The summed E-state index contributed by atoms with van der Waals surface area (Å²) < 4.78 is 40.6. The quantitative estimate of drug-likeness (QED) is 0.721. The van der Waals surface area contributed by atoms with E-state index in [9.17, 15) is 22.4 Å². The molecular weight excluding hydrogens is 385 g/mol. The highest BCUT2D eigenvalue weighted by atomic mass is 32.2. The standard InChI is InChI=1S/C19H24FN3O4S/c1-4-23(5-2)28(26,27)17-10-11-19(25)22(12-17)13-18(24)21-14(3)15-6-8-16(20)9-7-15/h6-12,14H,4-5,13H2,1-3H3,(H,21,24)/t14-/m0/s1. The highest BCUT2D eigenvalue weighted by Crippen LogP contribution is 2.14. The molecule has 0 unspecified atom stereocenters. The first-order chi connectivity index (χ1) is 13.2. The number of benzene rings is 1. The number of carbonyl (C=O) groups is 1. The zero-order valence-electron chi connectivity index (χ0n) is 16.1. The van der Waals surface area contributed by atoms with E-state index in [4.69, 9.17) is 0 Å². The minimum atomic E-state index is -3.74. The molecule has 9 heteroatoms. The molecule has 2 rings (SSSR count). The van der Waals surface area contributed by atoms with Gasteiger partial charge in [0.05, 0.1) is 10.9 Å². The molecule has 1 N–H and O–H groups in total. The third-order valence-corrected chi connectivity index (χ3v) is 6.39. The molecule has 1 heterocycles. The van der Waals surface area contributed by atoms with E-state index in [1.54, 1.807) is 32.9 Å². The molecule has 0 spiro atoms. The molecule has 0 fully saturated rings. The molecule has 1 amide bonds. The van der Waals surface area contributed by atoms with Crippen LogP contribution in [0, 0.1) is 5.82 Å². The van der Waals surface area contributed by atoms with E-state index in [-0.39, 0.29) is 17.3 Å². The molecule has 152 valence electrons. The number of halogens is 1. The molecule has 1 aromatic heterocycles. The van der Waals surface area contributed by atoms with Crippen LogP contribution in [0.25, 0.3) is 0 Å². The number of amides is 1. The third kappa shape index (κ3) is 5.05. The minimum absolute atomic E-state index is 0.0461. The Balaban J connectivity index is 2.18. The zero-order chi connectivity index (χ0) is 20.9. The Morgan fingerprint density at radius 3 is 2.32 bits per heavy atom. The second-order valence-electron chi connectivity index (χ2n) is 6.26. The largest absolute Gasteiger partial charge is 0.348 e. The highest BCUT2D eigenvalue weighted by molar-refractivity contribution is 7.89. The van der Waals surface area contributed by atoms with Crippen molar-refractivity contribution in [3.05, 3.63) is 64.3 Å². The Hall–Kier alpha value is -2.52. The van der Waals surface area contributed by atoms with Crippen molar-refractivity contribution in [2.45, 2.75) is 38.3 Å². The second-order valence-corrected chi connectivity index (χ2v) is 8.20. The fourth-order valence-corrected chi connectivity index (χ4v) is 4.25. The van der Waals surface area contributed by atoms with Gasteiger partial charge >= 0.3 is 0 Å². The monoisotopic (exact) mass is 409 g/mol. The van der Waals surface area contributed by atoms with E-state index >= 15 is 0 Å². The maximum Gasteiger partial charge on any atom is 0.251 e. The summed E-state index contributed by atoms with van der Waals surface area (Å²) in [6, 6.07) is 7.69. The van der Waals surface area contributed by atoms with Gasteiger partial charge in [-0.3, -0.25) is 9.59 Å². The molecular formula is C19H24FN3O4S. The van der Waals surface area contributed by atoms with Crippen LogP contribution in [0.5, 0.6) is 0 Å². The van der Waals surface area contributed by atoms with E-state index in [0.717, 1.165) is 10.6 Å². The summed E-state index contributed by atoms with van der Waals surface area (Å²) in [4.78, 5) is 24.3. The Bertz CT molecular complexity index is 983. The lowest BCUT2D eigenvalue weighted by Crippen LogP contribution is -2.35. The number of aromatic nitrogens is 1. The molecule has 0 aliphatic heterocycles. The van der Waals surface area contributed by atoms with Gasteiger partial charge < -0.3 is 9.88 Å². The summed E-state index contributed by atoms with van der Waals surface area (Å²) in [6.45, 7) is 5.45. The minimum Gasteiger partial charge on any atom is -0.348 e. The van der Waals surface area contributed by atoms with E-state index < -0.39 is 27.5 Å². The Labute approximate surface area is 163 Å². The molecule has 0 aliphatic carbocycles. The van der Waals surface area contributed by atoms with Crippen LogP contribution in [-0.4, -0.2) is 36.3 Å². The van der Waals surface area contributed by atoms with Crippen LogP contribution in [0.4, 0.5) is 4.39 Å². The van der Waals surface area contributed by atoms with Crippen molar-refractivity contribution in [2.75, 3.05) is 13.1 Å². The van der Waals surface area contributed by atoms with Crippen LogP contribution >= 0.6 is 0 Å². The van der Waals surface area contributed by atoms with Crippen LogP contribution in [0.3, 0.4) is 0 Å². The van der Waals surface area contributed by atoms with Gasteiger partial charge in [0.1, 0.15) is 12.4 Å². The van der Waals surface area contributed by atoms with Crippen LogP contribution < -0.4 is 10.9 Å². The lowest BCUT2D eigenvalue weighted by Gasteiger charge is -2.19. The maximum absolute atomic E-state index is 13.0. The number of pyridine rings is 1. The van der Waals surface area contributed by atoms with Gasteiger partial charge in [-0.1, -0.05) is 26.0 Å². The van der Waals surface area contributed by atoms with Crippen LogP contribution in [0.2, 0.25) is 0 Å². The van der Waals surface area contributed by atoms with E-state index in [0.29, 0.717) is 18.7 Å². The molecule has 0 radical (unpaired) electrons. The summed E-state index contributed by atoms with van der Waals surface area (Å²) in [5, 5.41) is 2.71. The summed E-state index contributed by atoms with van der Waals surface area (Å²) in [5.74, 6) is -0.837. The van der Waals surface area contributed by atoms with E-state index in [2.05, 4.69) is 5.32 Å². The SMILES string of the molecule is CCN(CC)S(=O)(=O)c1ccc(=O)n(CC(=O)N[C@@H](C)c2ccc(F)cc2)c1. The smallest absolute Gasteiger partial charge is 0.251 e. The maximum atomic E-state index is 13.0. The summed E-state index contributed by atoms with van der Waals surface area (Å²) in [5.41, 5.74) is 0.225. The predicted octanol–water partition coefficient (Wildman–Crippen LogP) is 1.90. The van der Waals surface area contributed by atoms with Crippen LogP contribution in [0.1, 0.15) is 32.4 Å². The zero-order valence-corrected chi connectivity index (χ0v) is 16.9. The number of hydrogen-bond acceptors (Lipinski definition) is 4. The Kier molecular flexibility index (Phi) is 7.09. The molecule has 0 saturated heterocycles. The predicted molar refractivity (Wildman–Crippen MR) is 104 cm³/mol. The first-order valence-electron chi connectivity index (χ1n) is 8.94. The molecule has 0 saturated carbocycles. The molecule has 1 atom stereocenters. The van der Waals surface area contributed by atoms with E-state index in [1.165, 1.54) is 28.7 Å². The first kappa shape index (κ1) is 21.8. The van der Waals surface area contributed by atoms with Crippen molar-refractivity contribution in [3.63, 3.8) is 0 Å². The number of hydrogen-bond donors (Lipinski definition) is 1. The summed E-state index contributed by atoms with van der Waals surface area (Å²) in [7, 11) is -3.74. The molecule has 1 aromatic carbocycles. The molecule has 0 aliphatic rings. The van der Waals surface area contributed by atoms with Gasteiger partial charge in [0.25, 0.3) is 5.56 Å². The molecule has 7 nitrogen and oxygen atoms in total. The van der Waals surface area contributed by atoms with Gasteiger partial charge in [0.2, 0.25) is 15.9 Å². The number of rotatable bonds is 8. The van der Waals surface area contributed by atoms with Crippen molar-refractivity contribution in [2.24, 2.45) is 0 Å². The van der Waals surface area contributed by atoms with Gasteiger partial charge in [0.15, 0.2) is 0 Å². The summed E-state index contributed by atoms with van der Waals surface area (Å²) in [6.07, 6.45) is 1.18. The third-order valence-electron chi connectivity index (χ3n) is 4.36. The average Bonchev–Trinajstić information content (AvgIpc) is 2.64. The molecule has 28 heavy (non-hydrogen) atoms. The van der Waals surface area contributed by atoms with E-state index in [1.807, 2.05) is 0 Å². The lowest BCUT2D eigenvalue weighted by atomic mass is 10.1.